The average molecular weight is 438 g/mol. The molecule has 0 heterocycles. The van der Waals surface area contributed by atoms with Crippen molar-refractivity contribution in [2.24, 2.45) is 0 Å². The first kappa shape index (κ1) is 18.6. The van der Waals surface area contributed by atoms with Crippen LogP contribution in [-0.4, -0.2) is 43.4 Å². The molecule has 24 heavy (non-hydrogen) atoms. The Kier molecular flexibility index (Phi) is 7.39. The minimum absolute atomic E-state index is 0.00580. The number of carbonyl (C=O) groups is 2. The SMILES string of the molecule is CCOC(=O)CN(C)CC(=O)c1ccc([I+]c2ccccc2)cc1. The Morgan fingerprint density at radius 3 is 2.21 bits per heavy atom. The molecule has 0 N–H and O–H groups in total. The van der Waals surface area contributed by atoms with Crippen LogP contribution in [0.25, 0.3) is 0 Å². The van der Waals surface area contributed by atoms with Gasteiger partial charge in [-0.1, -0.05) is 18.2 Å². The van der Waals surface area contributed by atoms with Crippen LogP contribution in [0.4, 0.5) is 0 Å². The molecule has 0 saturated heterocycles. The number of nitrogens with zero attached hydrogens (tertiary/aromatic N) is 1. The molecule has 0 radical (unpaired) electrons. The van der Waals surface area contributed by atoms with Crippen molar-refractivity contribution in [3.05, 3.63) is 67.3 Å². The molecule has 5 heteroatoms. The van der Waals surface area contributed by atoms with Crippen LogP contribution in [0.1, 0.15) is 17.3 Å². The van der Waals surface area contributed by atoms with E-state index in [2.05, 4.69) is 12.1 Å². The van der Waals surface area contributed by atoms with Crippen molar-refractivity contribution in [1.82, 2.24) is 4.90 Å². The summed E-state index contributed by atoms with van der Waals surface area (Å²) < 4.78 is 7.51. The fourth-order valence-corrected chi connectivity index (χ4v) is 4.33. The third-order valence-corrected chi connectivity index (χ3v) is 5.92. The predicted octanol–water partition coefficient (Wildman–Crippen LogP) is -0.507. The summed E-state index contributed by atoms with van der Waals surface area (Å²) in [5, 5.41) is 0. The number of ketones is 1. The van der Waals surface area contributed by atoms with Crippen LogP contribution in [0.2, 0.25) is 0 Å². The quantitative estimate of drug-likeness (QED) is 0.317. The van der Waals surface area contributed by atoms with Gasteiger partial charge in [0.25, 0.3) is 0 Å². The molecule has 0 aromatic heterocycles. The van der Waals surface area contributed by atoms with Gasteiger partial charge in [0.05, 0.1) is 19.7 Å². The van der Waals surface area contributed by atoms with E-state index in [1.54, 1.807) is 18.9 Å². The molecule has 2 rings (SSSR count). The maximum Gasteiger partial charge on any atom is 0.357 e. The van der Waals surface area contributed by atoms with Gasteiger partial charge < -0.3 is 4.74 Å². The summed E-state index contributed by atoms with van der Waals surface area (Å²) in [5.41, 5.74) is 0.673. The molecule has 0 aliphatic heterocycles. The summed E-state index contributed by atoms with van der Waals surface area (Å²) in [6, 6.07) is 18.2. The lowest BCUT2D eigenvalue weighted by atomic mass is 10.1. The summed E-state index contributed by atoms with van der Waals surface area (Å²) in [7, 11) is 1.74. The summed E-state index contributed by atoms with van der Waals surface area (Å²) in [6.45, 7) is 2.44. The van der Waals surface area contributed by atoms with Gasteiger partial charge in [-0.15, -0.1) is 0 Å². The van der Waals surface area contributed by atoms with Crippen LogP contribution in [-0.2, 0) is 9.53 Å². The lowest BCUT2D eigenvalue weighted by molar-refractivity contribution is -0.597. The highest BCUT2D eigenvalue weighted by Gasteiger charge is 2.17. The molecule has 0 fully saturated rings. The summed E-state index contributed by atoms with van der Waals surface area (Å²) in [5.74, 6) is -0.304. The van der Waals surface area contributed by atoms with Crippen LogP contribution < -0.4 is 21.2 Å². The van der Waals surface area contributed by atoms with E-state index >= 15 is 0 Å². The van der Waals surface area contributed by atoms with Crippen LogP contribution in [0.3, 0.4) is 0 Å². The number of hydrogen-bond acceptors (Lipinski definition) is 4. The largest absolute Gasteiger partial charge is 0.465 e. The van der Waals surface area contributed by atoms with Gasteiger partial charge in [0.2, 0.25) is 0 Å². The topological polar surface area (TPSA) is 46.6 Å². The summed E-state index contributed by atoms with van der Waals surface area (Å²) in [4.78, 5) is 25.4. The molecular weight excluding hydrogens is 417 g/mol. The van der Waals surface area contributed by atoms with Crippen LogP contribution in [0, 0.1) is 7.14 Å². The van der Waals surface area contributed by atoms with Gasteiger partial charge in [-0.25, -0.2) is 0 Å². The second kappa shape index (κ2) is 9.54. The Balaban J connectivity index is 1.90. The smallest absolute Gasteiger partial charge is 0.357 e. The number of rotatable bonds is 8. The lowest BCUT2D eigenvalue weighted by Gasteiger charge is -2.14. The van der Waals surface area contributed by atoms with Gasteiger partial charge in [0, 0.05) is 5.56 Å². The van der Waals surface area contributed by atoms with Crippen molar-refractivity contribution in [2.45, 2.75) is 6.92 Å². The van der Waals surface area contributed by atoms with Gasteiger partial charge in [-0.05, 0) is 50.4 Å². The van der Waals surface area contributed by atoms with E-state index in [0.717, 1.165) is 0 Å². The van der Waals surface area contributed by atoms with Crippen LogP contribution in [0.15, 0.2) is 54.6 Å². The highest BCUT2D eigenvalue weighted by atomic mass is 127. The number of carbonyl (C=O) groups excluding carboxylic acids is 2. The van der Waals surface area contributed by atoms with Crippen molar-refractivity contribution in [3.63, 3.8) is 0 Å². The highest BCUT2D eigenvalue weighted by Crippen LogP contribution is 2.01. The van der Waals surface area contributed by atoms with Gasteiger partial charge in [0.1, 0.15) is 0 Å². The Bertz CT molecular complexity index is 671. The molecule has 0 unspecified atom stereocenters. The van der Waals surface area contributed by atoms with Gasteiger partial charge >= 0.3 is 27.2 Å². The molecule has 0 aliphatic rings. The number of benzene rings is 2. The first-order chi connectivity index (χ1) is 11.6. The molecule has 4 nitrogen and oxygen atoms in total. The van der Waals surface area contributed by atoms with Crippen molar-refractivity contribution in [2.75, 3.05) is 26.7 Å². The van der Waals surface area contributed by atoms with E-state index in [0.29, 0.717) is 12.2 Å². The minimum Gasteiger partial charge on any atom is -0.465 e. The van der Waals surface area contributed by atoms with Crippen molar-refractivity contribution in [3.8, 4) is 0 Å². The van der Waals surface area contributed by atoms with Gasteiger partial charge in [-0.2, -0.15) is 0 Å². The first-order valence-electron chi connectivity index (χ1n) is 7.75. The molecule has 0 amide bonds. The molecule has 0 aliphatic carbocycles. The third-order valence-electron chi connectivity index (χ3n) is 3.24. The number of likely N-dealkylation sites (N-methyl/N-ethyl adjacent to an activating group) is 1. The number of Topliss-reactive ketones (excluding diaryl/α,β-unsaturated/α-hetero) is 1. The van der Waals surface area contributed by atoms with Gasteiger partial charge in [-0.3, -0.25) is 14.5 Å². The molecule has 2 aromatic carbocycles. The second-order valence-electron chi connectivity index (χ2n) is 5.30. The monoisotopic (exact) mass is 438 g/mol. The van der Waals surface area contributed by atoms with E-state index in [1.807, 2.05) is 42.5 Å². The van der Waals surface area contributed by atoms with E-state index in [-0.39, 0.29) is 46.0 Å². The van der Waals surface area contributed by atoms with Crippen molar-refractivity contribution < 1.29 is 35.5 Å². The first-order valence-corrected chi connectivity index (χ1v) is 9.91. The number of halogens is 1. The van der Waals surface area contributed by atoms with E-state index < -0.39 is 0 Å². The molecule has 0 atom stereocenters. The Morgan fingerprint density at radius 1 is 0.958 bits per heavy atom. The second-order valence-corrected chi connectivity index (χ2v) is 8.33. The van der Waals surface area contributed by atoms with Crippen LogP contribution >= 0.6 is 0 Å². The molecule has 0 spiro atoms. The fraction of sp³-hybridized carbons (Fsp3) is 0.263. The zero-order valence-electron chi connectivity index (χ0n) is 13.9. The predicted molar refractivity (Wildman–Crippen MR) is 88.7 cm³/mol. The molecule has 2 aromatic rings. The minimum atomic E-state index is -0.309. The third kappa shape index (κ3) is 6.05. The summed E-state index contributed by atoms with van der Waals surface area (Å²) >= 11 is -0.221. The zero-order chi connectivity index (χ0) is 17.4. The fourth-order valence-electron chi connectivity index (χ4n) is 2.12. The van der Waals surface area contributed by atoms with Crippen molar-refractivity contribution in [1.29, 1.82) is 0 Å². The number of ether oxygens (including phenoxy) is 1. The Labute approximate surface area is 153 Å². The average Bonchev–Trinajstić information content (AvgIpc) is 2.56. The van der Waals surface area contributed by atoms with Crippen molar-refractivity contribution >= 4 is 11.8 Å². The standard InChI is InChI=1S/C19H21INO3/c1-3-24-19(23)14-21(2)13-18(22)15-9-11-17(12-10-15)20-16-7-5-4-6-8-16/h4-12H,3,13-14H2,1-2H3/q+1. The van der Waals surface area contributed by atoms with E-state index in [4.69, 9.17) is 4.74 Å². The lowest BCUT2D eigenvalue weighted by Crippen LogP contribution is -3.61. The Hall–Kier alpha value is -1.73. The maximum absolute atomic E-state index is 12.3. The molecule has 126 valence electrons. The maximum atomic E-state index is 12.3. The Morgan fingerprint density at radius 2 is 1.58 bits per heavy atom. The molecular formula is C19H21INO3+. The highest BCUT2D eigenvalue weighted by molar-refractivity contribution is 5.97. The number of esters is 1. The van der Waals surface area contributed by atoms with Crippen LogP contribution in [0.5, 0.6) is 0 Å². The summed E-state index contributed by atoms with van der Waals surface area (Å²) in [6.07, 6.45) is 0. The normalized spacial score (nSPS) is 10.6. The zero-order valence-corrected chi connectivity index (χ0v) is 16.0. The number of hydrogen-bond donors (Lipinski definition) is 0. The van der Waals surface area contributed by atoms with Gasteiger partial charge in [0.15, 0.2) is 12.9 Å². The molecule has 0 saturated carbocycles. The molecule has 0 bridgehead atoms. The van der Waals surface area contributed by atoms with E-state index in [1.165, 1.54) is 7.14 Å². The van der Waals surface area contributed by atoms with E-state index in [9.17, 15) is 9.59 Å².